The standard InChI is InChI=1S/C26H41N9O4/c27-24(28)31-21-9-7-20(8-10-21)19-30-26(39)35-17-13-33(14-18-35)23(37)6-4-2-1-3-5-22(36)32-11-15-34(16-12-32)25(29)38/h7-10H,1-6,11-19H2,(H2,29,38)(H,30,39)(H4,27,28,31). The first-order valence-electron chi connectivity index (χ1n) is 13.5. The Bertz CT molecular complexity index is 1010. The number of amides is 6. The molecule has 13 nitrogen and oxygen atoms in total. The molecule has 2 heterocycles. The molecule has 13 heteroatoms. The first kappa shape index (κ1) is 29.5. The van der Waals surface area contributed by atoms with Gasteiger partial charge in [-0.05, 0) is 30.5 Å². The molecule has 2 fully saturated rings. The van der Waals surface area contributed by atoms with Crippen LogP contribution in [0.3, 0.4) is 0 Å². The molecule has 0 aliphatic carbocycles. The highest BCUT2D eigenvalue weighted by atomic mass is 16.2. The zero-order chi connectivity index (χ0) is 28.2. The number of nitrogens with two attached hydrogens (primary N) is 3. The van der Waals surface area contributed by atoms with E-state index in [0.717, 1.165) is 31.2 Å². The molecule has 0 atom stereocenters. The van der Waals surface area contributed by atoms with Gasteiger partial charge in [-0.15, -0.1) is 0 Å². The van der Waals surface area contributed by atoms with Crippen molar-refractivity contribution in [2.45, 2.75) is 45.1 Å². The number of hydrogen-bond acceptors (Lipinski definition) is 5. The zero-order valence-electron chi connectivity index (χ0n) is 22.5. The van der Waals surface area contributed by atoms with E-state index in [9.17, 15) is 19.2 Å². The van der Waals surface area contributed by atoms with Crippen LogP contribution in [0.5, 0.6) is 0 Å². The zero-order valence-corrected chi connectivity index (χ0v) is 22.5. The number of rotatable bonds is 10. The van der Waals surface area contributed by atoms with Crippen molar-refractivity contribution in [1.82, 2.24) is 24.9 Å². The number of primary amides is 1. The molecular weight excluding hydrogens is 502 g/mol. The van der Waals surface area contributed by atoms with Crippen molar-refractivity contribution >= 4 is 35.5 Å². The summed E-state index contributed by atoms with van der Waals surface area (Å²) in [6.45, 7) is 4.46. The quantitative estimate of drug-likeness (QED) is 0.189. The third kappa shape index (κ3) is 9.65. The Morgan fingerprint density at radius 2 is 1.13 bits per heavy atom. The summed E-state index contributed by atoms with van der Waals surface area (Å²) in [5.41, 5.74) is 17.6. The van der Waals surface area contributed by atoms with Gasteiger partial charge in [0.05, 0.1) is 5.69 Å². The van der Waals surface area contributed by atoms with Gasteiger partial charge >= 0.3 is 12.1 Å². The van der Waals surface area contributed by atoms with E-state index in [4.69, 9.17) is 17.2 Å². The Morgan fingerprint density at radius 1 is 0.667 bits per heavy atom. The van der Waals surface area contributed by atoms with Crippen molar-refractivity contribution in [3.63, 3.8) is 0 Å². The van der Waals surface area contributed by atoms with Gasteiger partial charge < -0.3 is 42.1 Å². The Balaban J connectivity index is 1.23. The smallest absolute Gasteiger partial charge is 0.317 e. The number of unbranched alkanes of at least 4 members (excludes halogenated alkanes) is 3. The van der Waals surface area contributed by atoms with E-state index in [1.807, 2.05) is 17.0 Å². The summed E-state index contributed by atoms with van der Waals surface area (Å²) in [7, 11) is 0. The number of nitrogens with zero attached hydrogens (tertiary/aromatic N) is 5. The summed E-state index contributed by atoms with van der Waals surface area (Å²) in [6.07, 6.45) is 4.32. The van der Waals surface area contributed by atoms with Crippen molar-refractivity contribution in [2.75, 3.05) is 52.4 Å². The van der Waals surface area contributed by atoms with E-state index in [1.165, 1.54) is 0 Å². The lowest BCUT2D eigenvalue weighted by molar-refractivity contribution is -0.133. The van der Waals surface area contributed by atoms with Gasteiger partial charge in [0.15, 0.2) is 5.96 Å². The number of nitrogens with one attached hydrogen (secondary N) is 1. The monoisotopic (exact) mass is 543 g/mol. The summed E-state index contributed by atoms with van der Waals surface area (Å²) >= 11 is 0. The molecule has 1 aromatic rings. The number of piperazine rings is 2. The molecule has 0 bridgehead atoms. The summed E-state index contributed by atoms with van der Waals surface area (Å²) < 4.78 is 0. The molecule has 6 amide bonds. The number of benzene rings is 1. The third-order valence-corrected chi connectivity index (χ3v) is 7.03. The Morgan fingerprint density at radius 3 is 1.59 bits per heavy atom. The predicted molar refractivity (Wildman–Crippen MR) is 148 cm³/mol. The first-order chi connectivity index (χ1) is 18.7. The fraction of sp³-hybridized carbons (Fsp3) is 0.577. The van der Waals surface area contributed by atoms with Crippen LogP contribution in [0, 0.1) is 0 Å². The molecule has 0 saturated carbocycles. The van der Waals surface area contributed by atoms with E-state index in [0.29, 0.717) is 77.4 Å². The molecule has 214 valence electrons. The van der Waals surface area contributed by atoms with E-state index < -0.39 is 6.03 Å². The number of aliphatic imine (C=N–C) groups is 1. The molecule has 39 heavy (non-hydrogen) atoms. The van der Waals surface area contributed by atoms with Crippen LogP contribution in [0.15, 0.2) is 29.3 Å². The van der Waals surface area contributed by atoms with Crippen molar-refractivity contribution in [3.05, 3.63) is 29.8 Å². The van der Waals surface area contributed by atoms with Gasteiger partial charge in [0.1, 0.15) is 0 Å². The fourth-order valence-corrected chi connectivity index (χ4v) is 4.68. The SMILES string of the molecule is NC(=O)N1CCN(C(=O)CCCCCCC(=O)N2CCN(C(=O)NCc3ccc(N=C(N)N)cc3)CC2)CC1. The van der Waals surface area contributed by atoms with Crippen LogP contribution in [0.25, 0.3) is 0 Å². The second-order valence-corrected chi connectivity index (χ2v) is 9.85. The molecule has 2 saturated heterocycles. The largest absolute Gasteiger partial charge is 0.370 e. The fourth-order valence-electron chi connectivity index (χ4n) is 4.68. The Kier molecular flexibility index (Phi) is 11.2. The minimum Gasteiger partial charge on any atom is -0.370 e. The second-order valence-electron chi connectivity index (χ2n) is 9.85. The molecule has 2 aliphatic heterocycles. The lowest BCUT2D eigenvalue weighted by Gasteiger charge is -2.34. The molecule has 0 spiro atoms. The summed E-state index contributed by atoms with van der Waals surface area (Å²) in [5.74, 6) is 0.213. The lowest BCUT2D eigenvalue weighted by Crippen LogP contribution is -2.53. The highest BCUT2D eigenvalue weighted by molar-refractivity contribution is 5.79. The van der Waals surface area contributed by atoms with Crippen LogP contribution in [0.4, 0.5) is 15.3 Å². The van der Waals surface area contributed by atoms with Gasteiger partial charge in [0, 0.05) is 71.7 Å². The minimum absolute atomic E-state index is 0.00675. The van der Waals surface area contributed by atoms with Crippen molar-refractivity contribution in [1.29, 1.82) is 0 Å². The maximum Gasteiger partial charge on any atom is 0.317 e. The van der Waals surface area contributed by atoms with Gasteiger partial charge in [0.25, 0.3) is 0 Å². The molecular formula is C26H41N9O4. The van der Waals surface area contributed by atoms with Gasteiger partial charge in [0.2, 0.25) is 11.8 Å². The summed E-state index contributed by atoms with van der Waals surface area (Å²) in [5, 5.41) is 2.91. The maximum atomic E-state index is 12.6. The van der Waals surface area contributed by atoms with Gasteiger partial charge in [-0.25, -0.2) is 14.6 Å². The van der Waals surface area contributed by atoms with Crippen LogP contribution >= 0.6 is 0 Å². The Labute approximate surface area is 229 Å². The number of carbonyl (C=O) groups is 4. The van der Waals surface area contributed by atoms with Gasteiger partial charge in [-0.1, -0.05) is 25.0 Å². The molecule has 0 unspecified atom stereocenters. The summed E-state index contributed by atoms with van der Waals surface area (Å²) in [6, 6.07) is 6.67. The molecule has 0 radical (unpaired) electrons. The van der Waals surface area contributed by atoms with Crippen LogP contribution in [0.1, 0.15) is 44.1 Å². The van der Waals surface area contributed by atoms with Crippen molar-refractivity contribution in [2.24, 2.45) is 22.2 Å². The lowest BCUT2D eigenvalue weighted by atomic mass is 10.1. The number of carbonyl (C=O) groups excluding carboxylic acids is 4. The van der Waals surface area contributed by atoms with Crippen LogP contribution < -0.4 is 22.5 Å². The maximum absolute atomic E-state index is 12.6. The topological polar surface area (TPSA) is 184 Å². The highest BCUT2D eigenvalue weighted by Gasteiger charge is 2.24. The number of hydrogen-bond donors (Lipinski definition) is 4. The van der Waals surface area contributed by atoms with Crippen LogP contribution in [-0.2, 0) is 16.1 Å². The third-order valence-electron chi connectivity index (χ3n) is 7.03. The molecule has 1 aromatic carbocycles. The van der Waals surface area contributed by atoms with Crippen molar-refractivity contribution < 1.29 is 19.2 Å². The van der Waals surface area contributed by atoms with Gasteiger partial charge in [-0.3, -0.25) is 9.59 Å². The summed E-state index contributed by atoms with van der Waals surface area (Å²) in [4.78, 5) is 59.5. The Hall–Kier alpha value is -4.03. The number of urea groups is 2. The molecule has 2 aliphatic rings. The van der Waals surface area contributed by atoms with Crippen molar-refractivity contribution in [3.8, 4) is 0 Å². The molecule has 3 rings (SSSR count). The second kappa shape index (κ2) is 14.8. The first-order valence-corrected chi connectivity index (χ1v) is 13.5. The minimum atomic E-state index is -0.440. The average Bonchev–Trinajstić information content (AvgIpc) is 2.94. The molecule has 0 aromatic heterocycles. The van der Waals surface area contributed by atoms with Crippen LogP contribution in [0.2, 0.25) is 0 Å². The van der Waals surface area contributed by atoms with E-state index in [-0.39, 0.29) is 23.8 Å². The van der Waals surface area contributed by atoms with E-state index in [2.05, 4.69) is 10.3 Å². The van der Waals surface area contributed by atoms with E-state index in [1.54, 1.807) is 26.8 Å². The van der Waals surface area contributed by atoms with E-state index >= 15 is 0 Å². The normalized spacial score (nSPS) is 15.6. The molecule has 7 N–H and O–H groups in total. The number of guanidine groups is 1. The van der Waals surface area contributed by atoms with Gasteiger partial charge in [-0.2, -0.15) is 0 Å². The van der Waals surface area contributed by atoms with Crippen LogP contribution in [-0.4, -0.2) is 102 Å². The highest BCUT2D eigenvalue weighted by Crippen LogP contribution is 2.14. The average molecular weight is 544 g/mol. The predicted octanol–water partition coefficient (Wildman–Crippen LogP) is 0.509.